The van der Waals surface area contributed by atoms with Crippen LogP contribution in [-0.4, -0.2) is 35.7 Å². The van der Waals surface area contributed by atoms with Gasteiger partial charge in [-0.25, -0.2) is 0 Å². The van der Waals surface area contributed by atoms with Gasteiger partial charge in [0, 0.05) is 13.1 Å². The summed E-state index contributed by atoms with van der Waals surface area (Å²) in [6.45, 7) is 13.0. The maximum atomic E-state index is 10.3. The van der Waals surface area contributed by atoms with Gasteiger partial charge in [-0.05, 0) is 68.2 Å². The van der Waals surface area contributed by atoms with Gasteiger partial charge in [-0.2, -0.15) is 0 Å². The Balaban J connectivity index is 1.89. The maximum absolute atomic E-state index is 10.3. The van der Waals surface area contributed by atoms with Gasteiger partial charge in [-0.1, -0.05) is 27.7 Å². The highest BCUT2D eigenvalue weighted by atomic mass is 16.3. The molecule has 1 saturated carbocycles. The maximum Gasteiger partial charge on any atom is 0.0580 e. The Morgan fingerprint density at radius 2 is 1.90 bits per heavy atom. The predicted octanol–water partition coefficient (Wildman–Crippen LogP) is 3.93. The van der Waals surface area contributed by atoms with Gasteiger partial charge < -0.3 is 10.0 Å². The molecule has 0 aromatic rings. The van der Waals surface area contributed by atoms with Crippen LogP contribution in [0.2, 0.25) is 0 Å². The molecule has 2 nitrogen and oxygen atoms in total. The third kappa shape index (κ3) is 3.57. The molecule has 0 aromatic heterocycles. The summed E-state index contributed by atoms with van der Waals surface area (Å²) in [6.07, 6.45) is 7.40. The van der Waals surface area contributed by atoms with E-state index in [0.717, 1.165) is 24.8 Å². The summed E-state index contributed by atoms with van der Waals surface area (Å²) in [5.74, 6) is 2.11. The second kappa shape index (κ2) is 6.79. The average molecular weight is 281 g/mol. The lowest BCUT2D eigenvalue weighted by Gasteiger charge is -2.37. The summed E-state index contributed by atoms with van der Waals surface area (Å²) < 4.78 is 0. The van der Waals surface area contributed by atoms with Crippen molar-refractivity contribution >= 4 is 0 Å². The van der Waals surface area contributed by atoms with Crippen LogP contribution in [0.3, 0.4) is 0 Å². The molecular weight excluding hydrogens is 246 g/mol. The van der Waals surface area contributed by atoms with Crippen LogP contribution in [0.15, 0.2) is 0 Å². The highest BCUT2D eigenvalue weighted by molar-refractivity contribution is 4.91. The molecule has 3 unspecified atom stereocenters. The lowest BCUT2D eigenvalue weighted by atomic mass is 9.74. The molecule has 20 heavy (non-hydrogen) atoms. The molecule has 0 amide bonds. The van der Waals surface area contributed by atoms with Crippen LogP contribution < -0.4 is 0 Å². The summed E-state index contributed by atoms with van der Waals surface area (Å²) in [5, 5.41) is 10.3. The van der Waals surface area contributed by atoms with E-state index in [1.165, 1.54) is 45.2 Å². The van der Waals surface area contributed by atoms with Crippen LogP contribution in [0.1, 0.15) is 66.2 Å². The number of aliphatic hydroxyl groups is 1. The first-order valence-corrected chi connectivity index (χ1v) is 8.90. The monoisotopic (exact) mass is 281 g/mol. The molecule has 1 aliphatic heterocycles. The van der Waals surface area contributed by atoms with Gasteiger partial charge >= 0.3 is 0 Å². The van der Waals surface area contributed by atoms with Crippen molar-refractivity contribution in [3.8, 4) is 0 Å². The quantitative estimate of drug-likeness (QED) is 0.825. The predicted molar refractivity (Wildman–Crippen MR) is 85.7 cm³/mol. The van der Waals surface area contributed by atoms with E-state index in [4.69, 9.17) is 0 Å². The Morgan fingerprint density at radius 3 is 2.45 bits per heavy atom. The standard InChI is InChI=1S/C18H35NO/c1-5-18(6-2)9-10-19(13-18)12-16-11-15(14(3)4)7-8-17(16)20/h14-17,20H,5-13H2,1-4H3. The molecule has 3 atom stereocenters. The average Bonchev–Trinajstić information content (AvgIpc) is 2.85. The van der Waals surface area contributed by atoms with Crippen molar-refractivity contribution in [2.75, 3.05) is 19.6 Å². The van der Waals surface area contributed by atoms with Gasteiger partial charge in [0.1, 0.15) is 0 Å². The van der Waals surface area contributed by atoms with Gasteiger partial charge in [-0.3, -0.25) is 0 Å². The Labute approximate surface area is 125 Å². The lowest BCUT2D eigenvalue weighted by Crippen LogP contribution is -2.39. The van der Waals surface area contributed by atoms with Crippen molar-refractivity contribution in [3.63, 3.8) is 0 Å². The van der Waals surface area contributed by atoms with Crippen LogP contribution >= 0.6 is 0 Å². The molecule has 2 heteroatoms. The minimum atomic E-state index is -0.0525. The zero-order valence-electron chi connectivity index (χ0n) is 14.1. The van der Waals surface area contributed by atoms with Crippen LogP contribution in [-0.2, 0) is 0 Å². The zero-order chi connectivity index (χ0) is 14.8. The van der Waals surface area contributed by atoms with E-state index < -0.39 is 0 Å². The molecule has 1 N–H and O–H groups in total. The minimum absolute atomic E-state index is 0.0525. The van der Waals surface area contributed by atoms with Gasteiger partial charge in [0.05, 0.1) is 6.10 Å². The smallest absolute Gasteiger partial charge is 0.0580 e. The Bertz CT molecular complexity index is 298. The molecule has 0 spiro atoms. The van der Waals surface area contributed by atoms with Crippen LogP contribution in [0, 0.1) is 23.2 Å². The van der Waals surface area contributed by atoms with E-state index in [0.29, 0.717) is 11.3 Å². The molecule has 0 bridgehead atoms. The summed E-state index contributed by atoms with van der Waals surface area (Å²) in [7, 11) is 0. The highest BCUT2D eigenvalue weighted by Gasteiger charge is 2.38. The van der Waals surface area contributed by atoms with E-state index in [9.17, 15) is 5.11 Å². The first-order valence-electron chi connectivity index (χ1n) is 8.90. The van der Waals surface area contributed by atoms with Crippen molar-refractivity contribution in [3.05, 3.63) is 0 Å². The number of rotatable bonds is 5. The van der Waals surface area contributed by atoms with E-state index in [-0.39, 0.29) is 6.10 Å². The topological polar surface area (TPSA) is 23.5 Å². The van der Waals surface area contributed by atoms with Gasteiger partial charge in [0.25, 0.3) is 0 Å². The molecule has 2 fully saturated rings. The fraction of sp³-hybridized carbons (Fsp3) is 1.00. The molecule has 1 saturated heterocycles. The van der Waals surface area contributed by atoms with Crippen molar-refractivity contribution < 1.29 is 5.11 Å². The lowest BCUT2D eigenvalue weighted by molar-refractivity contribution is 0.0202. The van der Waals surface area contributed by atoms with Crippen LogP contribution in [0.5, 0.6) is 0 Å². The third-order valence-corrected chi connectivity index (χ3v) is 6.44. The summed E-state index contributed by atoms with van der Waals surface area (Å²) in [4.78, 5) is 2.64. The largest absolute Gasteiger partial charge is 0.393 e. The van der Waals surface area contributed by atoms with Crippen LogP contribution in [0.4, 0.5) is 0 Å². The molecular formula is C18H35NO. The molecule has 118 valence electrons. The van der Waals surface area contributed by atoms with Gasteiger partial charge in [0.15, 0.2) is 0 Å². The Morgan fingerprint density at radius 1 is 1.20 bits per heavy atom. The van der Waals surface area contributed by atoms with Crippen molar-refractivity contribution in [2.45, 2.75) is 72.3 Å². The van der Waals surface area contributed by atoms with Crippen LogP contribution in [0.25, 0.3) is 0 Å². The van der Waals surface area contributed by atoms with Crippen molar-refractivity contribution in [1.82, 2.24) is 4.90 Å². The van der Waals surface area contributed by atoms with Crippen molar-refractivity contribution in [2.24, 2.45) is 23.2 Å². The summed E-state index contributed by atoms with van der Waals surface area (Å²) >= 11 is 0. The van der Waals surface area contributed by atoms with E-state index in [2.05, 4.69) is 32.6 Å². The van der Waals surface area contributed by atoms with Crippen molar-refractivity contribution in [1.29, 1.82) is 0 Å². The van der Waals surface area contributed by atoms with E-state index >= 15 is 0 Å². The normalized spacial score (nSPS) is 34.8. The Hall–Kier alpha value is -0.0800. The zero-order valence-corrected chi connectivity index (χ0v) is 14.1. The second-order valence-corrected chi connectivity index (χ2v) is 7.84. The van der Waals surface area contributed by atoms with Gasteiger partial charge in [-0.15, -0.1) is 0 Å². The number of aliphatic hydroxyl groups excluding tert-OH is 1. The first kappa shape index (κ1) is 16.3. The summed E-state index contributed by atoms with van der Waals surface area (Å²) in [6, 6.07) is 0. The highest BCUT2D eigenvalue weighted by Crippen LogP contribution is 2.39. The molecule has 2 aliphatic rings. The molecule has 0 aromatic carbocycles. The number of nitrogens with zero attached hydrogens (tertiary/aromatic N) is 1. The first-order chi connectivity index (χ1) is 9.49. The third-order valence-electron chi connectivity index (χ3n) is 6.44. The second-order valence-electron chi connectivity index (χ2n) is 7.84. The number of hydrogen-bond donors (Lipinski definition) is 1. The summed E-state index contributed by atoms with van der Waals surface area (Å²) in [5.41, 5.74) is 0.567. The van der Waals surface area contributed by atoms with E-state index in [1.807, 2.05) is 0 Å². The SMILES string of the molecule is CCC1(CC)CCN(CC2CC(C(C)C)CCC2O)C1. The molecule has 1 aliphatic carbocycles. The molecule has 0 radical (unpaired) electrons. The number of likely N-dealkylation sites (tertiary alicyclic amines) is 1. The fourth-order valence-electron chi connectivity index (χ4n) is 4.43. The molecule has 1 heterocycles. The van der Waals surface area contributed by atoms with Gasteiger partial charge in [0.2, 0.25) is 0 Å². The Kier molecular flexibility index (Phi) is 5.53. The minimum Gasteiger partial charge on any atom is -0.393 e. The number of hydrogen-bond acceptors (Lipinski definition) is 2. The van der Waals surface area contributed by atoms with E-state index in [1.54, 1.807) is 0 Å². The fourth-order valence-corrected chi connectivity index (χ4v) is 4.43. The molecule has 2 rings (SSSR count).